The van der Waals surface area contributed by atoms with Crippen LogP contribution in [0.3, 0.4) is 0 Å². The highest BCUT2D eigenvalue weighted by atomic mass is 15.4. The summed E-state index contributed by atoms with van der Waals surface area (Å²) in [5.74, 6) is 1.12. The van der Waals surface area contributed by atoms with Gasteiger partial charge in [-0.05, 0) is 55.6 Å². The molecule has 0 spiro atoms. The van der Waals surface area contributed by atoms with E-state index in [1.54, 1.807) is 0 Å². The van der Waals surface area contributed by atoms with Crippen molar-refractivity contribution in [1.82, 2.24) is 14.7 Å². The lowest BCUT2D eigenvalue weighted by Gasteiger charge is -2.35. The maximum atomic E-state index is 9.09. The van der Waals surface area contributed by atoms with E-state index in [9.17, 15) is 0 Å². The van der Waals surface area contributed by atoms with Gasteiger partial charge in [-0.25, -0.2) is 4.68 Å². The molecule has 3 heterocycles. The van der Waals surface area contributed by atoms with Crippen molar-refractivity contribution < 1.29 is 0 Å². The number of anilines is 1. The number of nitrogens with one attached hydrogen (secondary N) is 1. The number of hydrogen-bond acceptors (Lipinski definition) is 4. The average Bonchev–Trinajstić information content (AvgIpc) is 3.38. The van der Waals surface area contributed by atoms with Crippen LogP contribution in [0.2, 0.25) is 0 Å². The van der Waals surface area contributed by atoms with Crippen molar-refractivity contribution in [3.05, 3.63) is 77.0 Å². The second-order valence-electron chi connectivity index (χ2n) is 7.93. The molecule has 1 fully saturated rings. The number of aromatic nitrogens is 2. The molecular weight excluding hydrogens is 358 g/mol. The van der Waals surface area contributed by atoms with E-state index < -0.39 is 0 Å². The normalized spacial score (nSPS) is 18.8. The van der Waals surface area contributed by atoms with Gasteiger partial charge in [0.15, 0.2) is 0 Å². The Morgan fingerprint density at radius 3 is 2.69 bits per heavy atom. The van der Waals surface area contributed by atoms with Gasteiger partial charge in [0.2, 0.25) is 0 Å². The third kappa shape index (κ3) is 3.41. The molecule has 0 saturated carbocycles. The highest BCUT2D eigenvalue weighted by molar-refractivity contribution is 5.58. The SMILES string of the molecule is N#Cc1ccc(-n2nc(C3CCCCN3Cc3ccccc3)c3c2NCC3)cc1. The van der Waals surface area contributed by atoms with E-state index in [0.29, 0.717) is 11.6 Å². The van der Waals surface area contributed by atoms with Gasteiger partial charge in [-0.15, -0.1) is 0 Å². The van der Waals surface area contributed by atoms with E-state index in [2.05, 4.69) is 46.6 Å². The monoisotopic (exact) mass is 383 g/mol. The topological polar surface area (TPSA) is 56.9 Å². The number of nitriles is 1. The first-order chi connectivity index (χ1) is 14.3. The molecule has 2 aromatic carbocycles. The van der Waals surface area contributed by atoms with Gasteiger partial charge >= 0.3 is 0 Å². The van der Waals surface area contributed by atoms with Gasteiger partial charge in [-0.3, -0.25) is 4.90 Å². The van der Waals surface area contributed by atoms with Crippen LogP contribution in [0, 0.1) is 11.3 Å². The van der Waals surface area contributed by atoms with Crippen molar-refractivity contribution in [2.75, 3.05) is 18.4 Å². The van der Waals surface area contributed by atoms with E-state index in [0.717, 1.165) is 44.0 Å². The molecule has 29 heavy (non-hydrogen) atoms. The molecule has 5 nitrogen and oxygen atoms in total. The summed E-state index contributed by atoms with van der Waals surface area (Å²) in [6.45, 7) is 3.05. The van der Waals surface area contributed by atoms with E-state index in [-0.39, 0.29) is 0 Å². The third-order valence-corrected chi connectivity index (χ3v) is 6.08. The average molecular weight is 383 g/mol. The smallest absolute Gasteiger partial charge is 0.133 e. The van der Waals surface area contributed by atoms with Crippen molar-refractivity contribution in [3.8, 4) is 11.8 Å². The first-order valence-electron chi connectivity index (χ1n) is 10.5. The zero-order chi connectivity index (χ0) is 19.6. The summed E-state index contributed by atoms with van der Waals surface area (Å²) in [6.07, 6.45) is 4.68. The fourth-order valence-electron chi connectivity index (χ4n) is 4.64. The van der Waals surface area contributed by atoms with Gasteiger partial charge in [-0.1, -0.05) is 36.8 Å². The second-order valence-corrected chi connectivity index (χ2v) is 7.93. The molecule has 1 atom stereocenters. The van der Waals surface area contributed by atoms with Crippen LogP contribution < -0.4 is 5.32 Å². The minimum atomic E-state index is 0.359. The molecule has 3 aromatic rings. The van der Waals surface area contributed by atoms with Crippen molar-refractivity contribution in [3.63, 3.8) is 0 Å². The lowest BCUT2D eigenvalue weighted by molar-refractivity contribution is 0.136. The van der Waals surface area contributed by atoms with Crippen molar-refractivity contribution in [2.24, 2.45) is 0 Å². The Balaban J connectivity index is 1.50. The van der Waals surface area contributed by atoms with E-state index in [1.165, 1.54) is 29.7 Å². The number of hydrogen-bond donors (Lipinski definition) is 1. The molecule has 1 saturated heterocycles. The van der Waals surface area contributed by atoms with E-state index >= 15 is 0 Å². The highest BCUT2D eigenvalue weighted by Crippen LogP contribution is 2.38. The van der Waals surface area contributed by atoms with Crippen LogP contribution in [-0.2, 0) is 13.0 Å². The fourth-order valence-corrected chi connectivity index (χ4v) is 4.64. The Bertz CT molecular complexity index is 1030. The maximum absolute atomic E-state index is 9.09. The molecule has 146 valence electrons. The molecule has 0 amide bonds. The van der Waals surface area contributed by atoms with Gasteiger partial charge < -0.3 is 5.32 Å². The minimum Gasteiger partial charge on any atom is -0.369 e. The van der Waals surface area contributed by atoms with Crippen LogP contribution in [0.15, 0.2) is 54.6 Å². The summed E-state index contributed by atoms with van der Waals surface area (Å²) in [5.41, 5.74) is 5.63. The predicted molar refractivity (Wildman–Crippen MR) is 114 cm³/mol. The zero-order valence-electron chi connectivity index (χ0n) is 16.5. The molecule has 1 N–H and O–H groups in total. The molecule has 5 rings (SSSR count). The number of nitrogens with zero attached hydrogens (tertiary/aromatic N) is 4. The van der Waals surface area contributed by atoms with E-state index in [4.69, 9.17) is 10.4 Å². The Morgan fingerprint density at radius 1 is 1.07 bits per heavy atom. The fraction of sp³-hybridized carbons (Fsp3) is 0.333. The van der Waals surface area contributed by atoms with Crippen LogP contribution in [0.5, 0.6) is 0 Å². The lowest BCUT2D eigenvalue weighted by Crippen LogP contribution is -2.33. The summed E-state index contributed by atoms with van der Waals surface area (Å²) in [5, 5.41) is 17.7. The number of rotatable bonds is 4. The summed E-state index contributed by atoms with van der Waals surface area (Å²) >= 11 is 0. The van der Waals surface area contributed by atoms with Gasteiger partial charge in [0.05, 0.1) is 29.1 Å². The quantitative estimate of drug-likeness (QED) is 0.724. The maximum Gasteiger partial charge on any atom is 0.133 e. The van der Waals surface area contributed by atoms with Crippen LogP contribution >= 0.6 is 0 Å². The Morgan fingerprint density at radius 2 is 1.90 bits per heavy atom. The lowest BCUT2D eigenvalue weighted by atomic mass is 9.95. The molecule has 0 radical (unpaired) electrons. The van der Waals surface area contributed by atoms with Crippen LogP contribution in [0.25, 0.3) is 5.69 Å². The Labute approximate surface area is 171 Å². The van der Waals surface area contributed by atoms with Gasteiger partial charge in [0, 0.05) is 18.7 Å². The highest BCUT2D eigenvalue weighted by Gasteiger charge is 2.32. The number of benzene rings is 2. The van der Waals surface area contributed by atoms with Gasteiger partial charge in [0.1, 0.15) is 5.82 Å². The number of fused-ring (bicyclic) bond motifs is 1. The Kier molecular flexibility index (Phi) is 4.79. The standard InChI is InChI=1S/C24H25N5/c25-16-18-9-11-20(12-10-18)29-24-21(13-14-26-24)23(27-29)22-8-4-5-15-28(22)17-19-6-2-1-3-7-19/h1-3,6-7,9-12,22,26H,4-5,8,13-15,17H2. The van der Waals surface area contributed by atoms with Crippen molar-refractivity contribution in [2.45, 2.75) is 38.3 Å². The summed E-state index contributed by atoms with van der Waals surface area (Å²) in [7, 11) is 0. The number of piperidine rings is 1. The first-order valence-corrected chi connectivity index (χ1v) is 10.5. The van der Waals surface area contributed by atoms with Crippen LogP contribution in [0.4, 0.5) is 5.82 Å². The molecule has 0 aliphatic carbocycles. The first kappa shape index (κ1) is 18.0. The number of likely N-dealkylation sites (tertiary alicyclic amines) is 1. The van der Waals surface area contributed by atoms with Crippen LogP contribution in [0.1, 0.15) is 47.7 Å². The largest absolute Gasteiger partial charge is 0.369 e. The predicted octanol–water partition coefficient (Wildman–Crippen LogP) is 4.44. The van der Waals surface area contributed by atoms with Crippen molar-refractivity contribution in [1.29, 1.82) is 5.26 Å². The summed E-state index contributed by atoms with van der Waals surface area (Å²) in [6, 6.07) is 21.0. The van der Waals surface area contributed by atoms with Gasteiger partial charge in [-0.2, -0.15) is 10.4 Å². The molecule has 5 heteroatoms. The summed E-state index contributed by atoms with van der Waals surface area (Å²) in [4.78, 5) is 2.60. The van der Waals surface area contributed by atoms with Crippen LogP contribution in [-0.4, -0.2) is 27.8 Å². The minimum absolute atomic E-state index is 0.359. The van der Waals surface area contributed by atoms with E-state index in [1.807, 2.05) is 28.9 Å². The third-order valence-electron chi connectivity index (χ3n) is 6.08. The Hall–Kier alpha value is -3.10. The molecule has 1 unspecified atom stereocenters. The molecule has 2 aliphatic heterocycles. The zero-order valence-corrected chi connectivity index (χ0v) is 16.5. The molecular formula is C24H25N5. The summed E-state index contributed by atoms with van der Waals surface area (Å²) < 4.78 is 2.04. The van der Waals surface area contributed by atoms with Gasteiger partial charge in [0.25, 0.3) is 0 Å². The molecule has 1 aromatic heterocycles. The molecule has 2 aliphatic rings. The second kappa shape index (κ2) is 7.73. The molecule has 0 bridgehead atoms. The van der Waals surface area contributed by atoms with Crippen molar-refractivity contribution >= 4 is 5.82 Å².